The number of aromatic nitrogens is 2. The molecule has 1 heterocycles. The molecule has 0 unspecified atom stereocenters. The van der Waals surface area contributed by atoms with Crippen molar-refractivity contribution in [2.24, 2.45) is 5.73 Å². The molecule has 0 aliphatic heterocycles. The Hall–Kier alpha value is -1.22. The van der Waals surface area contributed by atoms with Crippen molar-refractivity contribution in [2.75, 3.05) is 0 Å². The summed E-state index contributed by atoms with van der Waals surface area (Å²) in [7, 11) is 0. The standard InChI is InChI=1S/C7H9N3/c1-2-6(8)7-5-9-3-4-10-7/h2-6H,1,8H2/t6-/m1/s1. The van der Waals surface area contributed by atoms with Gasteiger partial charge in [-0.15, -0.1) is 6.58 Å². The Morgan fingerprint density at radius 1 is 1.60 bits per heavy atom. The molecule has 0 aliphatic carbocycles. The summed E-state index contributed by atoms with van der Waals surface area (Å²) in [6.45, 7) is 3.54. The maximum absolute atomic E-state index is 5.57. The van der Waals surface area contributed by atoms with Gasteiger partial charge in [0.05, 0.1) is 17.9 Å². The number of hydrogen-bond donors (Lipinski definition) is 1. The van der Waals surface area contributed by atoms with E-state index in [0.29, 0.717) is 0 Å². The van der Waals surface area contributed by atoms with Crippen LogP contribution >= 0.6 is 0 Å². The lowest BCUT2D eigenvalue weighted by molar-refractivity contribution is 0.850. The summed E-state index contributed by atoms with van der Waals surface area (Å²) in [6.07, 6.45) is 6.48. The minimum Gasteiger partial charge on any atom is -0.319 e. The van der Waals surface area contributed by atoms with Crippen molar-refractivity contribution in [3.63, 3.8) is 0 Å². The Balaban J connectivity index is 2.84. The molecule has 0 bridgehead atoms. The highest BCUT2D eigenvalue weighted by molar-refractivity contribution is 5.07. The number of rotatable bonds is 2. The van der Waals surface area contributed by atoms with E-state index in [0.717, 1.165) is 5.69 Å². The SMILES string of the molecule is C=C[C@@H](N)c1cnccn1. The van der Waals surface area contributed by atoms with Gasteiger partial charge < -0.3 is 5.73 Å². The highest BCUT2D eigenvalue weighted by Crippen LogP contribution is 2.03. The Kier molecular flexibility index (Phi) is 2.12. The van der Waals surface area contributed by atoms with Crippen molar-refractivity contribution >= 4 is 0 Å². The molecule has 2 N–H and O–H groups in total. The third-order valence-corrected chi connectivity index (χ3v) is 1.18. The van der Waals surface area contributed by atoms with E-state index in [-0.39, 0.29) is 6.04 Å². The second kappa shape index (κ2) is 3.08. The summed E-state index contributed by atoms with van der Waals surface area (Å²) in [5, 5.41) is 0. The van der Waals surface area contributed by atoms with E-state index in [1.165, 1.54) is 0 Å². The highest BCUT2D eigenvalue weighted by atomic mass is 14.8. The molecule has 0 fully saturated rings. The summed E-state index contributed by atoms with van der Waals surface area (Å²) >= 11 is 0. The molecule has 0 saturated heterocycles. The fourth-order valence-electron chi connectivity index (χ4n) is 0.604. The minimum atomic E-state index is -0.200. The van der Waals surface area contributed by atoms with Crippen LogP contribution in [0.1, 0.15) is 11.7 Å². The van der Waals surface area contributed by atoms with Crippen molar-refractivity contribution < 1.29 is 0 Å². The highest BCUT2D eigenvalue weighted by Gasteiger charge is 1.99. The Morgan fingerprint density at radius 3 is 2.90 bits per heavy atom. The zero-order valence-corrected chi connectivity index (χ0v) is 5.57. The van der Waals surface area contributed by atoms with Crippen molar-refractivity contribution in [3.05, 3.63) is 36.9 Å². The van der Waals surface area contributed by atoms with Crippen molar-refractivity contribution in [1.82, 2.24) is 9.97 Å². The normalized spacial score (nSPS) is 12.5. The molecule has 52 valence electrons. The molecule has 0 radical (unpaired) electrons. The zero-order chi connectivity index (χ0) is 7.40. The van der Waals surface area contributed by atoms with E-state index >= 15 is 0 Å². The first-order valence-corrected chi connectivity index (χ1v) is 2.98. The monoisotopic (exact) mass is 135 g/mol. The number of hydrogen-bond acceptors (Lipinski definition) is 3. The lowest BCUT2D eigenvalue weighted by Gasteiger charge is -2.01. The van der Waals surface area contributed by atoms with Gasteiger partial charge in [-0.05, 0) is 0 Å². The Labute approximate surface area is 59.6 Å². The van der Waals surface area contributed by atoms with E-state index in [9.17, 15) is 0 Å². The van der Waals surface area contributed by atoms with Gasteiger partial charge in [0.1, 0.15) is 0 Å². The molecule has 1 aromatic heterocycles. The largest absolute Gasteiger partial charge is 0.319 e. The summed E-state index contributed by atoms with van der Waals surface area (Å²) in [4.78, 5) is 7.85. The maximum atomic E-state index is 5.57. The Bertz CT molecular complexity index is 207. The van der Waals surface area contributed by atoms with Crippen LogP contribution in [0.2, 0.25) is 0 Å². The maximum Gasteiger partial charge on any atom is 0.0793 e. The predicted octanol–water partition coefficient (Wildman–Crippen LogP) is 0.662. The van der Waals surface area contributed by atoms with E-state index in [1.54, 1.807) is 24.7 Å². The first-order valence-electron chi connectivity index (χ1n) is 2.98. The molecular weight excluding hydrogens is 126 g/mol. The van der Waals surface area contributed by atoms with E-state index in [2.05, 4.69) is 16.5 Å². The van der Waals surface area contributed by atoms with Gasteiger partial charge in [0.2, 0.25) is 0 Å². The Morgan fingerprint density at radius 2 is 2.40 bits per heavy atom. The lowest BCUT2D eigenvalue weighted by Crippen LogP contribution is -2.08. The predicted molar refractivity (Wildman–Crippen MR) is 39.2 cm³/mol. The van der Waals surface area contributed by atoms with Crippen LogP contribution in [0.3, 0.4) is 0 Å². The minimum absolute atomic E-state index is 0.200. The molecule has 3 heteroatoms. The second-order valence-electron chi connectivity index (χ2n) is 1.89. The molecule has 3 nitrogen and oxygen atoms in total. The van der Waals surface area contributed by atoms with Crippen LogP contribution in [0.4, 0.5) is 0 Å². The van der Waals surface area contributed by atoms with Crippen LogP contribution in [-0.4, -0.2) is 9.97 Å². The smallest absolute Gasteiger partial charge is 0.0793 e. The van der Waals surface area contributed by atoms with Gasteiger partial charge in [-0.1, -0.05) is 6.08 Å². The molecule has 1 rings (SSSR count). The topological polar surface area (TPSA) is 51.8 Å². The second-order valence-corrected chi connectivity index (χ2v) is 1.89. The fourth-order valence-corrected chi connectivity index (χ4v) is 0.604. The van der Waals surface area contributed by atoms with Crippen molar-refractivity contribution in [2.45, 2.75) is 6.04 Å². The molecule has 0 aliphatic rings. The van der Waals surface area contributed by atoms with Crippen molar-refractivity contribution in [3.8, 4) is 0 Å². The fraction of sp³-hybridized carbons (Fsp3) is 0.143. The first-order chi connectivity index (χ1) is 4.84. The lowest BCUT2D eigenvalue weighted by atomic mass is 10.2. The molecule has 0 spiro atoms. The summed E-state index contributed by atoms with van der Waals surface area (Å²) in [5.74, 6) is 0. The third kappa shape index (κ3) is 1.39. The van der Waals surface area contributed by atoms with Crippen LogP contribution in [0.15, 0.2) is 31.2 Å². The van der Waals surface area contributed by atoms with Crippen LogP contribution in [-0.2, 0) is 0 Å². The van der Waals surface area contributed by atoms with Gasteiger partial charge in [0, 0.05) is 12.4 Å². The summed E-state index contributed by atoms with van der Waals surface area (Å²) in [6, 6.07) is -0.200. The summed E-state index contributed by atoms with van der Waals surface area (Å²) in [5.41, 5.74) is 6.32. The average Bonchev–Trinajstić information content (AvgIpc) is 2.05. The molecular formula is C7H9N3. The molecule has 0 amide bonds. The summed E-state index contributed by atoms with van der Waals surface area (Å²) < 4.78 is 0. The van der Waals surface area contributed by atoms with Crippen LogP contribution in [0, 0.1) is 0 Å². The molecule has 0 saturated carbocycles. The quantitative estimate of drug-likeness (QED) is 0.606. The first kappa shape index (κ1) is 6.89. The van der Waals surface area contributed by atoms with Gasteiger partial charge in [-0.2, -0.15) is 0 Å². The van der Waals surface area contributed by atoms with Gasteiger partial charge in [-0.3, -0.25) is 9.97 Å². The van der Waals surface area contributed by atoms with Gasteiger partial charge in [0.25, 0.3) is 0 Å². The van der Waals surface area contributed by atoms with E-state index in [4.69, 9.17) is 5.73 Å². The van der Waals surface area contributed by atoms with Crippen molar-refractivity contribution in [1.29, 1.82) is 0 Å². The molecule has 1 aromatic rings. The molecule has 1 atom stereocenters. The van der Waals surface area contributed by atoms with E-state index in [1.807, 2.05) is 0 Å². The van der Waals surface area contributed by atoms with E-state index < -0.39 is 0 Å². The number of nitrogens with two attached hydrogens (primary N) is 1. The molecule has 10 heavy (non-hydrogen) atoms. The van der Waals surface area contributed by atoms with Gasteiger partial charge >= 0.3 is 0 Å². The van der Waals surface area contributed by atoms with Gasteiger partial charge in [-0.25, -0.2) is 0 Å². The average molecular weight is 135 g/mol. The third-order valence-electron chi connectivity index (χ3n) is 1.18. The zero-order valence-electron chi connectivity index (χ0n) is 5.57. The van der Waals surface area contributed by atoms with Crippen LogP contribution < -0.4 is 5.73 Å². The van der Waals surface area contributed by atoms with Gasteiger partial charge in [0.15, 0.2) is 0 Å². The van der Waals surface area contributed by atoms with Crippen LogP contribution in [0.5, 0.6) is 0 Å². The number of nitrogens with zero attached hydrogens (tertiary/aromatic N) is 2. The van der Waals surface area contributed by atoms with Crippen LogP contribution in [0.25, 0.3) is 0 Å². The molecule has 0 aromatic carbocycles.